The Morgan fingerprint density at radius 1 is 1.17 bits per heavy atom. The Hall–Kier alpha value is -2.76. The second-order valence-corrected chi connectivity index (χ2v) is 6.43. The molecule has 156 valence electrons. The predicted octanol–water partition coefficient (Wildman–Crippen LogP) is -0.181. The Kier molecular flexibility index (Phi) is 6.30. The van der Waals surface area contributed by atoms with Gasteiger partial charge >= 0.3 is 11.6 Å². The summed E-state index contributed by atoms with van der Waals surface area (Å²) >= 11 is 0. The summed E-state index contributed by atoms with van der Waals surface area (Å²) in [5.41, 5.74) is 0.934. The van der Waals surface area contributed by atoms with Gasteiger partial charge in [-0.15, -0.1) is 0 Å². The predicted molar refractivity (Wildman–Crippen MR) is 97.6 cm³/mol. The number of fused-ring (bicyclic) bond motifs is 1. The smallest absolute Gasteiger partial charge is 0.336 e. The highest BCUT2D eigenvalue weighted by molar-refractivity contribution is 5.81. The van der Waals surface area contributed by atoms with Crippen LogP contribution in [0.5, 0.6) is 0 Å². The van der Waals surface area contributed by atoms with Crippen molar-refractivity contribution >= 4 is 23.0 Å². The molecule has 1 fully saturated rings. The normalized spacial score (nSPS) is 27.4. The number of hydrogen-bond donors (Lipinski definition) is 4. The van der Waals surface area contributed by atoms with E-state index >= 15 is 0 Å². The van der Waals surface area contributed by atoms with Gasteiger partial charge in [0.05, 0.1) is 20.0 Å². The van der Waals surface area contributed by atoms with Gasteiger partial charge in [-0.3, -0.25) is 0 Å². The number of benzene rings is 1. The number of aliphatic carboxylic acids is 1. The van der Waals surface area contributed by atoms with E-state index in [1.807, 2.05) is 0 Å². The number of carboxylic acid groups (broad SMARTS) is 1. The van der Waals surface area contributed by atoms with Gasteiger partial charge < -0.3 is 39.1 Å². The summed E-state index contributed by atoms with van der Waals surface area (Å²) in [7, 11) is 1.47. The minimum absolute atomic E-state index is 0.186. The topological polar surface area (TPSA) is 156 Å². The molecule has 1 aliphatic rings. The summed E-state index contributed by atoms with van der Waals surface area (Å²) in [6.07, 6.45) is -5.45. The molecule has 4 N–H and O–H groups in total. The van der Waals surface area contributed by atoms with E-state index in [1.165, 1.54) is 19.4 Å². The Labute approximate surface area is 164 Å². The van der Waals surface area contributed by atoms with Gasteiger partial charge in [0.15, 0.2) is 12.4 Å². The van der Waals surface area contributed by atoms with Gasteiger partial charge in [-0.05, 0) is 35.4 Å². The average Bonchev–Trinajstić information content (AvgIpc) is 2.69. The van der Waals surface area contributed by atoms with Crippen LogP contribution in [0, 0.1) is 0 Å². The summed E-state index contributed by atoms with van der Waals surface area (Å²) in [6.45, 7) is -0.186. The Bertz CT molecular complexity index is 965. The first kappa shape index (κ1) is 21.0. The maximum atomic E-state index is 11.5. The number of carbonyl (C=O) groups is 1. The molecule has 5 unspecified atom stereocenters. The highest BCUT2D eigenvalue weighted by atomic mass is 16.7. The molecule has 29 heavy (non-hydrogen) atoms. The molecular weight excluding hydrogens is 388 g/mol. The average molecular weight is 408 g/mol. The Morgan fingerprint density at radius 3 is 2.62 bits per heavy atom. The van der Waals surface area contributed by atoms with Crippen molar-refractivity contribution in [2.75, 3.05) is 7.11 Å². The van der Waals surface area contributed by atoms with Crippen molar-refractivity contribution in [2.45, 2.75) is 37.3 Å². The molecule has 1 aliphatic heterocycles. The molecule has 0 saturated carbocycles. The van der Waals surface area contributed by atoms with Gasteiger partial charge in [0, 0.05) is 11.5 Å². The quantitative estimate of drug-likeness (QED) is 0.373. The largest absolute Gasteiger partial charge is 0.504 e. The molecule has 1 saturated heterocycles. The van der Waals surface area contributed by atoms with Gasteiger partial charge in [0.25, 0.3) is 0 Å². The summed E-state index contributed by atoms with van der Waals surface area (Å²) in [5, 5.41) is 39.4. The molecule has 0 bridgehead atoms. The van der Waals surface area contributed by atoms with E-state index in [9.17, 15) is 24.9 Å². The zero-order valence-electron chi connectivity index (χ0n) is 15.3. The second-order valence-electron chi connectivity index (χ2n) is 6.43. The van der Waals surface area contributed by atoms with E-state index in [0.717, 1.165) is 0 Å². The number of aliphatic hydroxyl groups is 3. The molecule has 0 aliphatic carbocycles. The van der Waals surface area contributed by atoms with Crippen LogP contribution in [0.1, 0.15) is 11.1 Å². The van der Waals surface area contributed by atoms with Crippen LogP contribution in [0.25, 0.3) is 17.0 Å². The molecule has 0 amide bonds. The summed E-state index contributed by atoms with van der Waals surface area (Å²) in [4.78, 5) is 22.7. The second kappa shape index (κ2) is 8.72. The zero-order valence-corrected chi connectivity index (χ0v) is 15.3. The fraction of sp³-hybridized carbons (Fsp3) is 0.368. The summed E-state index contributed by atoms with van der Waals surface area (Å²) in [5.74, 6) is -1.51. The van der Waals surface area contributed by atoms with Crippen molar-refractivity contribution in [2.24, 2.45) is 0 Å². The van der Waals surface area contributed by atoms with E-state index in [1.54, 1.807) is 24.3 Å². The molecular formula is C19H20O10. The Balaban J connectivity index is 1.87. The van der Waals surface area contributed by atoms with Crippen LogP contribution in [-0.4, -0.2) is 64.2 Å². The monoisotopic (exact) mass is 408 g/mol. The van der Waals surface area contributed by atoms with Crippen LogP contribution in [-0.2, 0) is 25.6 Å². The highest BCUT2D eigenvalue weighted by Crippen LogP contribution is 2.26. The molecule has 1 aromatic heterocycles. The first-order chi connectivity index (χ1) is 13.8. The van der Waals surface area contributed by atoms with E-state index < -0.39 is 42.3 Å². The third-order valence-electron chi connectivity index (χ3n) is 4.48. The number of rotatable bonds is 6. The highest BCUT2D eigenvalue weighted by Gasteiger charge is 2.47. The number of ether oxygens (including phenoxy) is 3. The van der Waals surface area contributed by atoms with Gasteiger partial charge in [0.1, 0.15) is 23.9 Å². The van der Waals surface area contributed by atoms with Crippen LogP contribution in [0.15, 0.2) is 39.7 Å². The van der Waals surface area contributed by atoms with Crippen molar-refractivity contribution in [1.82, 2.24) is 0 Å². The molecule has 5 atom stereocenters. The van der Waals surface area contributed by atoms with Gasteiger partial charge in [0.2, 0.25) is 0 Å². The first-order valence-corrected chi connectivity index (χ1v) is 8.62. The standard InChI is InChI=1S/C19H20O10/c1-26-5-4-9-6-10-2-3-13(20)28-12(10)7-11(9)8-27-19-16(23)14(21)15(22)17(29-19)18(24)25/h2-7,14-17,19,21-23H,8H2,1H3,(H,24,25)/b5-4+. The lowest BCUT2D eigenvalue weighted by Crippen LogP contribution is -2.60. The maximum absolute atomic E-state index is 11.5. The van der Waals surface area contributed by atoms with E-state index in [-0.39, 0.29) is 6.61 Å². The van der Waals surface area contributed by atoms with Gasteiger partial charge in [-0.2, -0.15) is 0 Å². The fourth-order valence-electron chi connectivity index (χ4n) is 2.96. The number of aliphatic hydroxyl groups excluding tert-OH is 3. The van der Waals surface area contributed by atoms with Crippen LogP contribution >= 0.6 is 0 Å². The molecule has 0 radical (unpaired) electrons. The third kappa shape index (κ3) is 4.47. The van der Waals surface area contributed by atoms with E-state index in [2.05, 4.69) is 0 Å². The molecule has 10 nitrogen and oxygen atoms in total. The minimum Gasteiger partial charge on any atom is -0.504 e. The Morgan fingerprint density at radius 2 is 1.93 bits per heavy atom. The third-order valence-corrected chi connectivity index (χ3v) is 4.48. The molecule has 10 heteroatoms. The number of carboxylic acids is 1. The number of methoxy groups -OCH3 is 1. The summed E-state index contributed by atoms with van der Waals surface area (Å²) in [6, 6.07) is 6.16. The summed E-state index contributed by atoms with van der Waals surface area (Å²) < 4.78 is 20.7. The van der Waals surface area contributed by atoms with Crippen molar-refractivity contribution in [1.29, 1.82) is 0 Å². The van der Waals surface area contributed by atoms with Crippen molar-refractivity contribution in [3.63, 3.8) is 0 Å². The first-order valence-electron chi connectivity index (χ1n) is 8.62. The van der Waals surface area contributed by atoms with Crippen molar-refractivity contribution in [3.05, 3.63) is 52.1 Å². The lowest BCUT2D eigenvalue weighted by Gasteiger charge is -2.38. The lowest BCUT2D eigenvalue weighted by molar-refractivity contribution is -0.297. The van der Waals surface area contributed by atoms with E-state index in [4.69, 9.17) is 23.7 Å². The van der Waals surface area contributed by atoms with Crippen molar-refractivity contribution in [3.8, 4) is 0 Å². The van der Waals surface area contributed by atoms with E-state index in [0.29, 0.717) is 22.1 Å². The SMILES string of the molecule is CO/C=C/c1cc2ccc(=O)oc2cc1COC1OC(C(=O)O)C(O)C(O)C1O. The molecule has 1 aromatic carbocycles. The van der Waals surface area contributed by atoms with Gasteiger partial charge in [-0.1, -0.05) is 0 Å². The minimum atomic E-state index is -1.81. The maximum Gasteiger partial charge on any atom is 0.336 e. The van der Waals surface area contributed by atoms with Crippen molar-refractivity contribution < 1.29 is 43.8 Å². The van der Waals surface area contributed by atoms with Crippen LogP contribution in [0.4, 0.5) is 0 Å². The zero-order chi connectivity index (χ0) is 21.1. The van der Waals surface area contributed by atoms with Crippen LogP contribution in [0.3, 0.4) is 0 Å². The van der Waals surface area contributed by atoms with Gasteiger partial charge in [-0.25, -0.2) is 9.59 Å². The number of hydrogen-bond acceptors (Lipinski definition) is 9. The van der Waals surface area contributed by atoms with Crippen LogP contribution in [0.2, 0.25) is 0 Å². The molecule has 2 heterocycles. The lowest BCUT2D eigenvalue weighted by atomic mass is 9.99. The molecule has 0 spiro atoms. The van der Waals surface area contributed by atoms with Crippen LogP contribution < -0.4 is 5.63 Å². The molecule has 2 aromatic rings. The molecule has 3 rings (SSSR count). The fourth-order valence-corrected chi connectivity index (χ4v) is 2.96.